The van der Waals surface area contributed by atoms with Crippen LogP contribution in [0, 0.1) is 11.3 Å². The van der Waals surface area contributed by atoms with Gasteiger partial charge in [-0.3, -0.25) is 4.79 Å². The summed E-state index contributed by atoms with van der Waals surface area (Å²) in [5.74, 6) is 0.594. The molecule has 0 saturated heterocycles. The first kappa shape index (κ1) is 23.9. The first-order chi connectivity index (χ1) is 16.5. The van der Waals surface area contributed by atoms with Crippen LogP contribution in [-0.2, 0) is 4.79 Å². The molecule has 0 saturated carbocycles. The number of amides is 1. The molecule has 0 atom stereocenters. The summed E-state index contributed by atoms with van der Waals surface area (Å²) < 4.78 is 20.9. The fourth-order valence-corrected chi connectivity index (χ4v) is 2.93. The van der Waals surface area contributed by atoms with Crippen LogP contribution in [0.2, 0.25) is 0 Å². The highest BCUT2D eigenvalue weighted by Crippen LogP contribution is 2.30. The number of nitrogens with one attached hydrogen (secondary N) is 1. The third-order valence-electron chi connectivity index (χ3n) is 4.74. The van der Waals surface area contributed by atoms with E-state index in [1.54, 1.807) is 67.8 Å². The molecule has 3 aromatic rings. The molecule has 1 amide bonds. The lowest BCUT2D eigenvalue weighted by atomic mass is 10.1. The van der Waals surface area contributed by atoms with E-state index in [4.69, 9.17) is 18.9 Å². The molecule has 0 unspecified atom stereocenters. The summed E-state index contributed by atoms with van der Waals surface area (Å²) in [7, 11) is 4.51. The van der Waals surface area contributed by atoms with Gasteiger partial charge >= 0.3 is 5.97 Å². The van der Waals surface area contributed by atoms with Gasteiger partial charge in [0.2, 0.25) is 0 Å². The molecule has 0 fully saturated rings. The molecule has 1 N–H and O–H groups in total. The van der Waals surface area contributed by atoms with Crippen molar-refractivity contribution in [3.63, 3.8) is 0 Å². The van der Waals surface area contributed by atoms with Crippen LogP contribution in [0.1, 0.15) is 15.9 Å². The number of rotatable bonds is 8. The molecule has 0 bridgehead atoms. The van der Waals surface area contributed by atoms with Gasteiger partial charge in [-0.05, 0) is 72.3 Å². The van der Waals surface area contributed by atoms with Crippen molar-refractivity contribution in [3.8, 4) is 29.1 Å². The number of esters is 1. The van der Waals surface area contributed by atoms with Crippen molar-refractivity contribution in [2.75, 3.05) is 26.6 Å². The van der Waals surface area contributed by atoms with E-state index in [1.165, 1.54) is 26.4 Å². The second kappa shape index (κ2) is 11.2. The van der Waals surface area contributed by atoms with Gasteiger partial charge in [-0.2, -0.15) is 5.26 Å². The highest BCUT2D eigenvalue weighted by Gasteiger charge is 2.14. The maximum atomic E-state index is 12.5. The van der Waals surface area contributed by atoms with Crippen molar-refractivity contribution in [3.05, 3.63) is 83.4 Å². The summed E-state index contributed by atoms with van der Waals surface area (Å²) in [4.78, 5) is 25.0. The van der Waals surface area contributed by atoms with Crippen molar-refractivity contribution >= 4 is 23.6 Å². The summed E-state index contributed by atoms with van der Waals surface area (Å²) in [5.41, 5.74) is 1.27. The van der Waals surface area contributed by atoms with E-state index in [9.17, 15) is 14.9 Å². The van der Waals surface area contributed by atoms with Crippen molar-refractivity contribution in [1.29, 1.82) is 5.26 Å². The van der Waals surface area contributed by atoms with Crippen LogP contribution in [-0.4, -0.2) is 33.2 Å². The molecule has 0 spiro atoms. The zero-order chi connectivity index (χ0) is 24.5. The molecule has 8 nitrogen and oxygen atoms in total. The molecule has 0 aromatic heterocycles. The van der Waals surface area contributed by atoms with Gasteiger partial charge in [-0.1, -0.05) is 6.07 Å². The van der Waals surface area contributed by atoms with Crippen LogP contribution in [0.15, 0.2) is 72.3 Å². The van der Waals surface area contributed by atoms with E-state index in [1.807, 2.05) is 6.07 Å². The monoisotopic (exact) mass is 458 g/mol. The average molecular weight is 458 g/mol. The largest absolute Gasteiger partial charge is 0.497 e. The Morgan fingerprint density at radius 1 is 0.824 bits per heavy atom. The van der Waals surface area contributed by atoms with E-state index in [-0.39, 0.29) is 17.1 Å². The predicted octanol–water partition coefficient (Wildman–Crippen LogP) is 4.48. The van der Waals surface area contributed by atoms with Gasteiger partial charge in [0.1, 0.15) is 23.1 Å². The molecule has 0 aliphatic carbocycles. The van der Waals surface area contributed by atoms with Gasteiger partial charge < -0.3 is 24.3 Å². The Balaban J connectivity index is 1.76. The van der Waals surface area contributed by atoms with E-state index in [0.29, 0.717) is 28.3 Å². The fourth-order valence-electron chi connectivity index (χ4n) is 2.93. The van der Waals surface area contributed by atoms with Gasteiger partial charge in [0.15, 0.2) is 11.5 Å². The Kier molecular flexibility index (Phi) is 7.87. The minimum Gasteiger partial charge on any atom is -0.497 e. The molecular formula is C26H22N2O6. The van der Waals surface area contributed by atoms with E-state index in [2.05, 4.69) is 5.32 Å². The van der Waals surface area contributed by atoms with Gasteiger partial charge in [0.25, 0.3) is 5.91 Å². The summed E-state index contributed by atoms with van der Waals surface area (Å²) in [6.07, 6.45) is 1.41. The number of hydrogen-bond donors (Lipinski definition) is 1. The fraction of sp³-hybridized carbons (Fsp3) is 0.115. The smallest absolute Gasteiger partial charge is 0.343 e. The van der Waals surface area contributed by atoms with Crippen molar-refractivity contribution in [2.45, 2.75) is 0 Å². The zero-order valence-corrected chi connectivity index (χ0v) is 18.8. The maximum Gasteiger partial charge on any atom is 0.343 e. The molecule has 0 radical (unpaired) electrons. The molecule has 3 rings (SSSR count). The Morgan fingerprint density at radius 3 is 2.00 bits per heavy atom. The van der Waals surface area contributed by atoms with Crippen molar-refractivity contribution in [1.82, 2.24) is 0 Å². The SMILES string of the molecule is COc1ccc(NC(=O)C(C#N)=Cc2ccc(OC(=O)c3ccc(OC)cc3)c(OC)c2)cc1. The normalized spacial score (nSPS) is 10.6. The predicted molar refractivity (Wildman–Crippen MR) is 126 cm³/mol. The first-order valence-corrected chi connectivity index (χ1v) is 10.1. The first-order valence-electron chi connectivity index (χ1n) is 10.1. The lowest BCUT2D eigenvalue weighted by molar-refractivity contribution is -0.112. The number of carbonyl (C=O) groups is 2. The topological polar surface area (TPSA) is 107 Å². The van der Waals surface area contributed by atoms with Crippen LogP contribution < -0.4 is 24.3 Å². The van der Waals surface area contributed by atoms with Crippen molar-refractivity contribution < 1.29 is 28.5 Å². The van der Waals surface area contributed by atoms with Gasteiger partial charge in [-0.25, -0.2) is 4.79 Å². The lowest BCUT2D eigenvalue weighted by Gasteiger charge is -2.11. The quantitative estimate of drug-likeness (QED) is 0.230. The minimum atomic E-state index is -0.569. The third kappa shape index (κ3) is 5.93. The molecule has 8 heteroatoms. The van der Waals surface area contributed by atoms with Crippen LogP contribution in [0.4, 0.5) is 5.69 Å². The number of benzene rings is 3. The number of methoxy groups -OCH3 is 3. The summed E-state index contributed by atoms with van der Waals surface area (Å²) in [6, 6.07) is 19.8. The highest BCUT2D eigenvalue weighted by atomic mass is 16.6. The number of anilines is 1. The summed E-state index contributed by atoms with van der Waals surface area (Å²) in [5, 5.41) is 12.1. The molecule has 34 heavy (non-hydrogen) atoms. The molecule has 3 aromatic carbocycles. The summed E-state index contributed by atoms with van der Waals surface area (Å²) >= 11 is 0. The van der Waals surface area contributed by atoms with Crippen LogP contribution in [0.5, 0.6) is 23.0 Å². The lowest BCUT2D eigenvalue weighted by Crippen LogP contribution is -2.13. The van der Waals surface area contributed by atoms with Gasteiger partial charge in [-0.15, -0.1) is 0 Å². The van der Waals surface area contributed by atoms with E-state index in [0.717, 1.165) is 0 Å². The van der Waals surface area contributed by atoms with E-state index >= 15 is 0 Å². The maximum absolute atomic E-state index is 12.5. The molecule has 0 aliphatic rings. The van der Waals surface area contributed by atoms with Gasteiger partial charge in [0.05, 0.1) is 26.9 Å². The highest BCUT2D eigenvalue weighted by molar-refractivity contribution is 6.09. The molecule has 0 heterocycles. The minimum absolute atomic E-state index is 0.110. The Morgan fingerprint density at radius 2 is 1.44 bits per heavy atom. The van der Waals surface area contributed by atoms with Gasteiger partial charge in [0, 0.05) is 5.69 Å². The van der Waals surface area contributed by atoms with Crippen molar-refractivity contribution in [2.24, 2.45) is 0 Å². The standard InChI is InChI=1S/C26H22N2O6/c1-31-21-9-5-18(6-10-21)26(30)34-23-13-4-17(15-24(23)33-3)14-19(16-27)25(29)28-20-7-11-22(32-2)12-8-20/h4-15H,1-3H3,(H,28,29). The van der Waals surface area contributed by atoms with Crippen LogP contribution in [0.3, 0.4) is 0 Å². The molecule has 172 valence electrons. The molecular weight excluding hydrogens is 436 g/mol. The number of hydrogen-bond acceptors (Lipinski definition) is 7. The second-order valence-electron chi connectivity index (χ2n) is 6.88. The summed E-state index contributed by atoms with van der Waals surface area (Å²) in [6.45, 7) is 0. The third-order valence-corrected chi connectivity index (χ3v) is 4.74. The Hall–Kier alpha value is -4.77. The number of ether oxygens (including phenoxy) is 4. The zero-order valence-electron chi connectivity index (χ0n) is 18.8. The second-order valence-corrected chi connectivity index (χ2v) is 6.88. The number of nitrogens with zero attached hydrogens (tertiary/aromatic N) is 1. The number of nitriles is 1. The molecule has 0 aliphatic heterocycles. The van der Waals surface area contributed by atoms with Crippen LogP contribution >= 0.6 is 0 Å². The van der Waals surface area contributed by atoms with Crippen LogP contribution in [0.25, 0.3) is 6.08 Å². The average Bonchev–Trinajstić information content (AvgIpc) is 2.88. The van der Waals surface area contributed by atoms with E-state index < -0.39 is 11.9 Å². The number of carbonyl (C=O) groups excluding carboxylic acids is 2. The Labute approximate surface area is 196 Å². The Bertz CT molecular complexity index is 1240.